The highest BCUT2D eigenvalue weighted by molar-refractivity contribution is 6.45. The molecule has 0 spiro atoms. The van der Waals surface area contributed by atoms with Crippen LogP contribution in [0.3, 0.4) is 0 Å². The summed E-state index contributed by atoms with van der Waals surface area (Å²) in [7, 11) is 1.26. The molecule has 1 aliphatic rings. The van der Waals surface area contributed by atoms with Gasteiger partial charge in [-0.2, -0.15) is 0 Å². The third-order valence-electron chi connectivity index (χ3n) is 3.20. The molecule has 1 rings (SSSR count). The molecular formula is C11H17ClO3. The minimum Gasteiger partial charge on any atom is -0.467 e. The quantitative estimate of drug-likeness (QED) is 0.416. The van der Waals surface area contributed by atoms with Gasteiger partial charge in [-0.15, -0.1) is 0 Å². The highest BCUT2D eigenvalue weighted by Gasteiger charge is 2.48. The Bertz CT molecular complexity index is 275. The van der Waals surface area contributed by atoms with Crippen molar-refractivity contribution < 1.29 is 14.3 Å². The molecule has 86 valence electrons. The molecule has 0 aromatic heterocycles. The maximum atomic E-state index is 11.8. The molecule has 0 radical (unpaired) electrons. The largest absolute Gasteiger partial charge is 0.467 e. The zero-order valence-corrected chi connectivity index (χ0v) is 10.1. The molecule has 0 aromatic rings. The zero-order valence-electron chi connectivity index (χ0n) is 9.38. The number of ketones is 1. The standard InChI is InChI=1S/C11H17ClO3/c1-7(2)8-4-5-11(12,9(13)6-8)10(14)15-3/h7-8H,4-6H2,1-3H3/t8-,11?/m0/s1. The molecule has 0 aliphatic heterocycles. The van der Waals surface area contributed by atoms with Gasteiger partial charge in [0.25, 0.3) is 0 Å². The average Bonchev–Trinajstić information content (AvgIpc) is 2.20. The summed E-state index contributed by atoms with van der Waals surface area (Å²) in [6.45, 7) is 4.16. The minimum absolute atomic E-state index is 0.194. The zero-order chi connectivity index (χ0) is 11.6. The second-order valence-electron chi connectivity index (χ2n) is 4.46. The van der Waals surface area contributed by atoms with E-state index in [9.17, 15) is 9.59 Å². The van der Waals surface area contributed by atoms with E-state index in [1.54, 1.807) is 0 Å². The highest BCUT2D eigenvalue weighted by Crippen LogP contribution is 2.38. The van der Waals surface area contributed by atoms with E-state index in [0.29, 0.717) is 24.7 Å². The van der Waals surface area contributed by atoms with E-state index in [-0.39, 0.29) is 5.78 Å². The van der Waals surface area contributed by atoms with E-state index < -0.39 is 10.8 Å². The monoisotopic (exact) mass is 232 g/mol. The van der Waals surface area contributed by atoms with Crippen molar-refractivity contribution in [2.24, 2.45) is 11.8 Å². The van der Waals surface area contributed by atoms with Crippen LogP contribution in [0.1, 0.15) is 33.1 Å². The molecule has 4 heteroatoms. The van der Waals surface area contributed by atoms with Crippen molar-refractivity contribution in [1.29, 1.82) is 0 Å². The molecule has 0 heterocycles. The van der Waals surface area contributed by atoms with Crippen LogP contribution in [0.4, 0.5) is 0 Å². The molecule has 0 N–H and O–H groups in total. The first-order valence-electron chi connectivity index (χ1n) is 5.22. The Morgan fingerprint density at radius 3 is 2.60 bits per heavy atom. The van der Waals surface area contributed by atoms with Gasteiger partial charge in [0.15, 0.2) is 10.7 Å². The molecule has 0 bridgehead atoms. The number of Topliss-reactive ketones (excluding diaryl/α,β-unsaturated/α-hetero) is 1. The molecule has 0 aromatic carbocycles. The number of alkyl halides is 1. The van der Waals surface area contributed by atoms with Crippen molar-refractivity contribution >= 4 is 23.4 Å². The van der Waals surface area contributed by atoms with Gasteiger partial charge in [0.1, 0.15) is 0 Å². The van der Waals surface area contributed by atoms with Gasteiger partial charge in [0.05, 0.1) is 7.11 Å². The van der Waals surface area contributed by atoms with Gasteiger partial charge in [0, 0.05) is 6.42 Å². The Morgan fingerprint density at radius 2 is 2.20 bits per heavy atom. The van der Waals surface area contributed by atoms with Gasteiger partial charge in [-0.1, -0.05) is 25.4 Å². The van der Waals surface area contributed by atoms with Gasteiger partial charge in [-0.25, -0.2) is 4.79 Å². The minimum atomic E-state index is -1.42. The van der Waals surface area contributed by atoms with E-state index >= 15 is 0 Å². The van der Waals surface area contributed by atoms with Gasteiger partial charge in [-0.3, -0.25) is 4.79 Å². The first-order valence-corrected chi connectivity index (χ1v) is 5.60. The number of carbonyl (C=O) groups excluding carboxylic acids is 2. The second-order valence-corrected chi connectivity index (χ2v) is 5.11. The van der Waals surface area contributed by atoms with Crippen molar-refractivity contribution in [2.75, 3.05) is 7.11 Å². The number of ether oxygens (including phenoxy) is 1. The van der Waals surface area contributed by atoms with Crippen LogP contribution in [-0.4, -0.2) is 23.7 Å². The molecule has 0 saturated heterocycles. The van der Waals surface area contributed by atoms with Crippen LogP contribution in [0.2, 0.25) is 0 Å². The van der Waals surface area contributed by atoms with Gasteiger partial charge in [-0.05, 0) is 24.7 Å². The molecule has 3 nitrogen and oxygen atoms in total. The van der Waals surface area contributed by atoms with Crippen LogP contribution >= 0.6 is 11.6 Å². The Labute approximate surface area is 95.1 Å². The molecular weight excluding hydrogens is 216 g/mol. The Kier molecular flexibility index (Phi) is 3.77. The summed E-state index contributed by atoms with van der Waals surface area (Å²) in [6.07, 6.45) is 1.58. The molecule has 15 heavy (non-hydrogen) atoms. The fourth-order valence-corrected chi connectivity index (χ4v) is 2.24. The van der Waals surface area contributed by atoms with Crippen LogP contribution in [0.25, 0.3) is 0 Å². The molecule has 1 aliphatic carbocycles. The Hall–Kier alpha value is -0.570. The third-order valence-corrected chi connectivity index (χ3v) is 3.76. The lowest BCUT2D eigenvalue weighted by atomic mass is 9.75. The van der Waals surface area contributed by atoms with Crippen LogP contribution < -0.4 is 0 Å². The van der Waals surface area contributed by atoms with Crippen LogP contribution in [0.5, 0.6) is 0 Å². The molecule has 1 saturated carbocycles. The topological polar surface area (TPSA) is 43.4 Å². The van der Waals surface area contributed by atoms with Crippen LogP contribution in [-0.2, 0) is 14.3 Å². The van der Waals surface area contributed by atoms with Gasteiger partial charge < -0.3 is 4.74 Å². The summed E-state index contributed by atoms with van der Waals surface area (Å²) in [5.41, 5.74) is 0. The van der Waals surface area contributed by atoms with E-state index in [0.717, 1.165) is 6.42 Å². The third kappa shape index (κ3) is 2.33. The molecule has 1 fully saturated rings. The van der Waals surface area contributed by atoms with E-state index in [1.807, 2.05) is 0 Å². The second kappa shape index (κ2) is 4.52. The first-order chi connectivity index (χ1) is 6.91. The molecule has 2 atom stereocenters. The lowest BCUT2D eigenvalue weighted by molar-refractivity contribution is -0.149. The number of carbonyl (C=O) groups is 2. The predicted octanol–water partition coefficient (Wildman–Crippen LogP) is 2.16. The van der Waals surface area contributed by atoms with Crippen LogP contribution in [0.15, 0.2) is 0 Å². The average molecular weight is 233 g/mol. The maximum absolute atomic E-state index is 11.8. The number of rotatable bonds is 2. The lowest BCUT2D eigenvalue weighted by Crippen LogP contribution is -2.46. The van der Waals surface area contributed by atoms with Gasteiger partial charge >= 0.3 is 5.97 Å². The van der Waals surface area contributed by atoms with Crippen LogP contribution in [0, 0.1) is 11.8 Å². The van der Waals surface area contributed by atoms with Crippen molar-refractivity contribution in [3.8, 4) is 0 Å². The predicted molar refractivity (Wildman–Crippen MR) is 57.8 cm³/mol. The Morgan fingerprint density at radius 1 is 1.60 bits per heavy atom. The van der Waals surface area contributed by atoms with Crippen molar-refractivity contribution in [1.82, 2.24) is 0 Å². The summed E-state index contributed by atoms with van der Waals surface area (Å²) < 4.78 is 4.57. The lowest BCUT2D eigenvalue weighted by Gasteiger charge is -2.33. The number of hydrogen-bond donors (Lipinski definition) is 0. The number of esters is 1. The van der Waals surface area contributed by atoms with Crippen molar-refractivity contribution in [3.63, 3.8) is 0 Å². The fraction of sp³-hybridized carbons (Fsp3) is 0.818. The summed E-state index contributed by atoms with van der Waals surface area (Å²) in [5, 5.41) is 0. The fourth-order valence-electron chi connectivity index (χ4n) is 1.97. The smallest absolute Gasteiger partial charge is 0.334 e. The highest BCUT2D eigenvalue weighted by atomic mass is 35.5. The summed E-state index contributed by atoms with van der Waals surface area (Å²) in [4.78, 5) is 21.8. The van der Waals surface area contributed by atoms with E-state index in [1.165, 1.54) is 7.11 Å². The summed E-state index contributed by atoms with van der Waals surface area (Å²) >= 11 is 6.02. The number of methoxy groups -OCH3 is 1. The molecule has 0 amide bonds. The van der Waals surface area contributed by atoms with E-state index in [2.05, 4.69) is 18.6 Å². The SMILES string of the molecule is COC(=O)C1(Cl)CC[C@H](C(C)C)CC1=O. The van der Waals surface area contributed by atoms with Gasteiger partial charge in [0.2, 0.25) is 0 Å². The summed E-state index contributed by atoms with van der Waals surface area (Å²) in [6, 6.07) is 0. The van der Waals surface area contributed by atoms with Crippen molar-refractivity contribution in [3.05, 3.63) is 0 Å². The van der Waals surface area contributed by atoms with Crippen molar-refractivity contribution in [2.45, 2.75) is 38.0 Å². The first kappa shape index (κ1) is 12.5. The maximum Gasteiger partial charge on any atom is 0.334 e. The Balaban J connectivity index is 2.75. The normalized spacial score (nSPS) is 31.8. The number of hydrogen-bond acceptors (Lipinski definition) is 3. The number of halogens is 1. The van der Waals surface area contributed by atoms with E-state index in [4.69, 9.17) is 11.6 Å². The summed E-state index contributed by atoms with van der Waals surface area (Å²) in [5.74, 6) is -0.0146. The molecule has 1 unspecified atom stereocenters.